The fourth-order valence-electron chi connectivity index (χ4n) is 2.20. The van der Waals surface area contributed by atoms with Crippen molar-refractivity contribution >= 4 is 11.5 Å². The Hall–Kier alpha value is -2.50. The molecule has 1 unspecified atom stereocenters. The van der Waals surface area contributed by atoms with Crippen LogP contribution in [0.2, 0.25) is 0 Å². The molecule has 1 atom stereocenters. The van der Waals surface area contributed by atoms with Crippen molar-refractivity contribution in [2.45, 2.75) is 25.8 Å². The van der Waals surface area contributed by atoms with Crippen LogP contribution in [0.5, 0.6) is 0 Å². The third kappa shape index (κ3) is 2.59. The van der Waals surface area contributed by atoms with Gasteiger partial charge in [-0.3, -0.25) is 0 Å². The lowest BCUT2D eigenvalue weighted by molar-refractivity contribution is 0.664. The topological polar surface area (TPSA) is 68.0 Å². The molecule has 0 aliphatic rings. The van der Waals surface area contributed by atoms with Crippen LogP contribution in [0.15, 0.2) is 42.5 Å². The van der Waals surface area contributed by atoms with Crippen LogP contribution in [-0.4, -0.2) is 25.3 Å². The summed E-state index contributed by atoms with van der Waals surface area (Å²) in [5.74, 6) is 0.770. The predicted molar refractivity (Wildman–Crippen MR) is 76.3 cm³/mol. The molecule has 0 spiro atoms. The number of tetrazole rings is 1. The van der Waals surface area contributed by atoms with E-state index in [0.717, 1.165) is 18.7 Å². The normalized spacial score (nSPS) is 12.4. The maximum atomic E-state index is 4.35. The lowest BCUT2D eigenvalue weighted by Gasteiger charge is -2.18. The van der Waals surface area contributed by atoms with Crippen LogP contribution in [0.3, 0.4) is 0 Å². The summed E-state index contributed by atoms with van der Waals surface area (Å²) in [7, 11) is 0. The van der Waals surface area contributed by atoms with Gasteiger partial charge >= 0.3 is 0 Å². The molecule has 3 aromatic rings. The first-order valence-electron chi connectivity index (χ1n) is 6.73. The van der Waals surface area contributed by atoms with Gasteiger partial charge in [0.1, 0.15) is 5.82 Å². The maximum Gasteiger partial charge on any atom is 0.200 e. The second-order valence-corrected chi connectivity index (χ2v) is 4.64. The first kappa shape index (κ1) is 12.5. The molecule has 102 valence electrons. The van der Waals surface area contributed by atoms with Crippen molar-refractivity contribution in [2.24, 2.45) is 0 Å². The largest absolute Gasteiger partial charge is 0.362 e. The Kier molecular flexibility index (Phi) is 3.54. The molecule has 6 nitrogen and oxygen atoms in total. The van der Waals surface area contributed by atoms with Crippen LogP contribution in [0.25, 0.3) is 5.65 Å². The third-order valence-electron chi connectivity index (χ3n) is 3.17. The third-order valence-corrected chi connectivity index (χ3v) is 3.17. The van der Waals surface area contributed by atoms with Crippen molar-refractivity contribution in [3.63, 3.8) is 0 Å². The van der Waals surface area contributed by atoms with E-state index in [2.05, 4.69) is 57.1 Å². The molecule has 1 aromatic carbocycles. The van der Waals surface area contributed by atoms with E-state index in [1.54, 1.807) is 0 Å². The molecule has 0 bridgehead atoms. The highest BCUT2D eigenvalue weighted by Crippen LogP contribution is 2.22. The number of nitrogens with one attached hydrogen (secondary N) is 1. The second-order valence-electron chi connectivity index (χ2n) is 4.64. The Labute approximate surface area is 116 Å². The van der Waals surface area contributed by atoms with Crippen LogP contribution in [-0.2, 0) is 0 Å². The van der Waals surface area contributed by atoms with Crippen LogP contribution in [0, 0.1) is 0 Å². The summed E-state index contributed by atoms with van der Waals surface area (Å²) in [5.41, 5.74) is 1.90. The molecule has 20 heavy (non-hydrogen) atoms. The summed E-state index contributed by atoms with van der Waals surface area (Å²) in [6.07, 6.45) is 2.14. The minimum Gasteiger partial charge on any atom is -0.362 e. The summed E-state index contributed by atoms with van der Waals surface area (Å²) in [6, 6.07) is 14.4. The standard InChI is InChI=1S/C14H16N6/c1-2-6-12(11-7-4-3-5-8-11)15-13-9-10-14-16-18-19-20(14)17-13/h3-5,7-10,12H,2,6H2,1H3,(H,15,17). The van der Waals surface area contributed by atoms with Crippen molar-refractivity contribution in [1.29, 1.82) is 0 Å². The molecular formula is C14H16N6. The van der Waals surface area contributed by atoms with E-state index in [0.29, 0.717) is 5.65 Å². The first-order chi connectivity index (χ1) is 9.86. The van der Waals surface area contributed by atoms with Crippen LogP contribution in [0.4, 0.5) is 5.82 Å². The second kappa shape index (κ2) is 5.64. The highest BCUT2D eigenvalue weighted by Gasteiger charge is 2.11. The zero-order valence-corrected chi connectivity index (χ0v) is 11.3. The minimum absolute atomic E-state index is 0.239. The molecule has 0 amide bonds. The van der Waals surface area contributed by atoms with Gasteiger partial charge in [0, 0.05) is 0 Å². The van der Waals surface area contributed by atoms with Gasteiger partial charge < -0.3 is 5.32 Å². The fourth-order valence-corrected chi connectivity index (χ4v) is 2.20. The molecule has 2 heterocycles. The highest BCUT2D eigenvalue weighted by molar-refractivity contribution is 5.43. The summed E-state index contributed by atoms with van der Waals surface area (Å²) in [4.78, 5) is 0. The van der Waals surface area contributed by atoms with E-state index in [4.69, 9.17) is 0 Å². The van der Waals surface area contributed by atoms with Crippen molar-refractivity contribution in [2.75, 3.05) is 5.32 Å². The molecule has 3 rings (SSSR count). The molecule has 6 heteroatoms. The summed E-state index contributed by atoms with van der Waals surface area (Å²) >= 11 is 0. The molecule has 0 radical (unpaired) electrons. The molecule has 0 saturated heterocycles. The van der Waals surface area contributed by atoms with Crippen molar-refractivity contribution in [1.82, 2.24) is 25.3 Å². The van der Waals surface area contributed by atoms with Crippen LogP contribution >= 0.6 is 0 Å². The van der Waals surface area contributed by atoms with E-state index in [1.807, 2.05) is 18.2 Å². The molecule has 0 saturated carbocycles. The van der Waals surface area contributed by atoms with Gasteiger partial charge in [-0.05, 0) is 34.5 Å². The molecule has 0 fully saturated rings. The molecule has 0 aliphatic carbocycles. The summed E-state index contributed by atoms with van der Waals surface area (Å²) < 4.78 is 1.43. The Balaban J connectivity index is 1.85. The van der Waals surface area contributed by atoms with E-state index >= 15 is 0 Å². The van der Waals surface area contributed by atoms with Crippen molar-refractivity contribution in [3.8, 4) is 0 Å². The molecule has 0 aliphatic heterocycles. The number of nitrogens with zero attached hydrogens (tertiary/aromatic N) is 5. The van der Waals surface area contributed by atoms with Crippen molar-refractivity contribution < 1.29 is 0 Å². The van der Waals surface area contributed by atoms with Gasteiger partial charge in [-0.15, -0.1) is 14.8 Å². The summed E-state index contributed by atoms with van der Waals surface area (Å²) in [5, 5.41) is 19.0. The number of anilines is 1. The van der Waals surface area contributed by atoms with E-state index in [-0.39, 0.29) is 6.04 Å². The van der Waals surface area contributed by atoms with E-state index in [9.17, 15) is 0 Å². The summed E-state index contributed by atoms with van der Waals surface area (Å²) in [6.45, 7) is 2.18. The average Bonchev–Trinajstić information content (AvgIpc) is 2.95. The number of aromatic nitrogens is 5. The van der Waals surface area contributed by atoms with Gasteiger partial charge in [0.15, 0.2) is 5.65 Å². The molecule has 1 N–H and O–H groups in total. The average molecular weight is 268 g/mol. The minimum atomic E-state index is 0.239. The Morgan fingerprint density at radius 2 is 2.00 bits per heavy atom. The number of hydrogen-bond donors (Lipinski definition) is 1. The first-order valence-corrected chi connectivity index (χ1v) is 6.73. The Morgan fingerprint density at radius 3 is 2.80 bits per heavy atom. The van der Waals surface area contributed by atoms with Gasteiger partial charge in [0.05, 0.1) is 6.04 Å². The van der Waals surface area contributed by atoms with Crippen molar-refractivity contribution in [3.05, 3.63) is 48.0 Å². The SMILES string of the molecule is CCCC(Nc1ccc2nnnn2n1)c1ccccc1. The number of rotatable bonds is 5. The quantitative estimate of drug-likeness (QED) is 0.770. The fraction of sp³-hybridized carbons (Fsp3) is 0.286. The van der Waals surface area contributed by atoms with Gasteiger partial charge in [0.2, 0.25) is 0 Å². The molecular weight excluding hydrogens is 252 g/mol. The molecule has 2 aromatic heterocycles. The maximum absolute atomic E-state index is 4.35. The zero-order chi connectivity index (χ0) is 13.8. The Morgan fingerprint density at radius 1 is 1.15 bits per heavy atom. The zero-order valence-electron chi connectivity index (χ0n) is 11.3. The van der Waals surface area contributed by atoms with Gasteiger partial charge in [0.25, 0.3) is 0 Å². The van der Waals surface area contributed by atoms with Gasteiger partial charge in [-0.25, -0.2) is 0 Å². The monoisotopic (exact) mass is 268 g/mol. The number of benzene rings is 1. The Bertz CT molecular complexity index is 678. The predicted octanol–water partition coefficient (Wildman–Crippen LogP) is 2.47. The van der Waals surface area contributed by atoms with Gasteiger partial charge in [-0.2, -0.15) is 0 Å². The van der Waals surface area contributed by atoms with Gasteiger partial charge in [-0.1, -0.05) is 43.7 Å². The highest BCUT2D eigenvalue weighted by atomic mass is 15.6. The lowest BCUT2D eigenvalue weighted by atomic mass is 10.0. The smallest absolute Gasteiger partial charge is 0.200 e. The number of hydrogen-bond acceptors (Lipinski definition) is 5. The number of fused-ring (bicyclic) bond motifs is 1. The van der Waals surface area contributed by atoms with Crippen LogP contribution < -0.4 is 5.32 Å². The van der Waals surface area contributed by atoms with E-state index in [1.165, 1.54) is 10.2 Å². The van der Waals surface area contributed by atoms with E-state index < -0.39 is 0 Å². The lowest BCUT2D eigenvalue weighted by Crippen LogP contribution is -2.12. The van der Waals surface area contributed by atoms with Crippen LogP contribution in [0.1, 0.15) is 31.4 Å².